The van der Waals surface area contributed by atoms with E-state index in [0.717, 1.165) is 19.3 Å². The molecule has 3 nitrogen and oxygen atoms in total. The Morgan fingerprint density at radius 1 is 1.62 bits per heavy atom. The zero-order valence-electron chi connectivity index (χ0n) is 7.24. The lowest BCUT2D eigenvalue weighted by molar-refractivity contribution is -0.121. The van der Waals surface area contributed by atoms with Gasteiger partial charge in [-0.1, -0.05) is 11.6 Å². The van der Waals surface area contributed by atoms with Crippen LogP contribution in [-0.4, -0.2) is 15.6 Å². The number of aromatic nitrogens is 2. The molecule has 0 aliphatic heterocycles. The number of hydrogen-bond acceptors (Lipinski definition) is 2. The Hall–Kier alpha value is -0.830. The summed E-state index contributed by atoms with van der Waals surface area (Å²) >= 11 is 5.75. The Balaban J connectivity index is 2.12. The van der Waals surface area contributed by atoms with Crippen LogP contribution in [0.15, 0.2) is 12.4 Å². The van der Waals surface area contributed by atoms with Crippen molar-refractivity contribution in [1.82, 2.24) is 9.78 Å². The zero-order valence-corrected chi connectivity index (χ0v) is 8.00. The van der Waals surface area contributed by atoms with Crippen LogP contribution in [0, 0.1) is 0 Å². The van der Waals surface area contributed by atoms with Gasteiger partial charge >= 0.3 is 0 Å². The minimum atomic E-state index is 0.230. The van der Waals surface area contributed by atoms with Crippen molar-refractivity contribution in [2.75, 3.05) is 0 Å². The highest BCUT2D eigenvalue weighted by molar-refractivity contribution is 6.30. The summed E-state index contributed by atoms with van der Waals surface area (Å²) in [6.45, 7) is 0. The van der Waals surface area contributed by atoms with Crippen molar-refractivity contribution in [2.45, 2.75) is 31.7 Å². The summed E-state index contributed by atoms with van der Waals surface area (Å²) < 4.78 is 1.80. The normalized spacial score (nSPS) is 23.5. The third-order valence-corrected chi connectivity index (χ3v) is 2.60. The summed E-state index contributed by atoms with van der Waals surface area (Å²) in [4.78, 5) is 11.2. The van der Waals surface area contributed by atoms with Gasteiger partial charge in [0.15, 0.2) is 0 Å². The predicted octanol–water partition coefficient (Wildman–Crippen LogP) is 2.22. The summed E-state index contributed by atoms with van der Waals surface area (Å²) in [6, 6.07) is 0.230. The molecule has 0 amide bonds. The zero-order chi connectivity index (χ0) is 9.26. The van der Waals surface area contributed by atoms with Crippen LogP contribution in [0.2, 0.25) is 5.02 Å². The summed E-state index contributed by atoms with van der Waals surface area (Å²) in [6.07, 6.45) is 6.74. The molecule has 1 aromatic heterocycles. The fraction of sp³-hybridized carbons (Fsp3) is 0.556. The first-order valence-electron chi connectivity index (χ1n) is 4.47. The maximum Gasteiger partial charge on any atom is 0.135 e. The molecule has 1 heterocycles. The van der Waals surface area contributed by atoms with Crippen LogP contribution in [0.25, 0.3) is 0 Å². The van der Waals surface area contributed by atoms with Crippen LogP contribution >= 0.6 is 11.6 Å². The number of nitrogens with zero attached hydrogens (tertiary/aromatic N) is 2. The highest BCUT2D eigenvalue weighted by Crippen LogP contribution is 2.25. The SMILES string of the molecule is O=C1CCCC(n2cc(Cl)cn2)C1. The highest BCUT2D eigenvalue weighted by atomic mass is 35.5. The lowest BCUT2D eigenvalue weighted by atomic mass is 9.94. The Kier molecular flexibility index (Phi) is 2.36. The molecule has 1 fully saturated rings. The molecule has 4 heteroatoms. The van der Waals surface area contributed by atoms with E-state index in [1.807, 2.05) is 0 Å². The Morgan fingerprint density at radius 2 is 2.46 bits per heavy atom. The van der Waals surface area contributed by atoms with Crippen molar-refractivity contribution in [1.29, 1.82) is 0 Å². The molecular weight excluding hydrogens is 188 g/mol. The number of halogens is 1. The largest absolute Gasteiger partial charge is 0.300 e. The quantitative estimate of drug-likeness (QED) is 0.694. The molecule has 13 heavy (non-hydrogen) atoms. The molecule has 0 aromatic carbocycles. The van der Waals surface area contributed by atoms with E-state index in [-0.39, 0.29) is 6.04 Å². The van der Waals surface area contributed by atoms with Gasteiger partial charge in [-0.25, -0.2) is 0 Å². The van der Waals surface area contributed by atoms with E-state index >= 15 is 0 Å². The van der Waals surface area contributed by atoms with E-state index in [2.05, 4.69) is 5.10 Å². The minimum Gasteiger partial charge on any atom is -0.300 e. The first-order valence-corrected chi connectivity index (χ1v) is 4.85. The summed E-state index contributed by atoms with van der Waals surface area (Å²) in [5, 5.41) is 4.74. The number of hydrogen-bond donors (Lipinski definition) is 0. The molecule has 0 N–H and O–H groups in total. The molecular formula is C9H11ClN2O. The van der Waals surface area contributed by atoms with Gasteiger partial charge in [-0.3, -0.25) is 9.48 Å². The average Bonchev–Trinajstić information content (AvgIpc) is 2.52. The second-order valence-corrected chi connectivity index (χ2v) is 3.86. The maximum atomic E-state index is 11.2. The molecule has 1 aliphatic carbocycles. The molecule has 1 aromatic rings. The molecule has 0 bridgehead atoms. The average molecular weight is 199 g/mol. The van der Waals surface area contributed by atoms with Crippen LogP contribution in [0.1, 0.15) is 31.7 Å². The fourth-order valence-electron chi connectivity index (χ4n) is 1.74. The number of carbonyl (C=O) groups excluding carboxylic acids is 1. The molecule has 0 spiro atoms. The molecule has 2 rings (SSSR count). The molecule has 70 valence electrons. The third kappa shape index (κ3) is 1.91. The van der Waals surface area contributed by atoms with Gasteiger partial charge in [-0.15, -0.1) is 0 Å². The van der Waals surface area contributed by atoms with E-state index < -0.39 is 0 Å². The van der Waals surface area contributed by atoms with E-state index in [1.54, 1.807) is 17.1 Å². The lowest BCUT2D eigenvalue weighted by Crippen LogP contribution is -2.19. The van der Waals surface area contributed by atoms with E-state index in [4.69, 9.17) is 11.6 Å². The standard InChI is InChI=1S/C9H11ClN2O/c10-7-5-11-12(6-7)8-2-1-3-9(13)4-8/h5-6,8H,1-4H2. The minimum absolute atomic E-state index is 0.230. The second-order valence-electron chi connectivity index (χ2n) is 3.43. The van der Waals surface area contributed by atoms with E-state index in [9.17, 15) is 4.79 Å². The third-order valence-electron chi connectivity index (χ3n) is 2.40. The molecule has 0 radical (unpaired) electrons. The van der Waals surface area contributed by atoms with Crippen LogP contribution in [0.5, 0.6) is 0 Å². The van der Waals surface area contributed by atoms with E-state index in [0.29, 0.717) is 17.2 Å². The number of rotatable bonds is 1. The van der Waals surface area contributed by atoms with Crippen molar-refractivity contribution in [3.8, 4) is 0 Å². The predicted molar refractivity (Wildman–Crippen MR) is 49.7 cm³/mol. The van der Waals surface area contributed by atoms with Gasteiger partial charge in [0.05, 0.1) is 17.3 Å². The number of ketones is 1. The van der Waals surface area contributed by atoms with Gasteiger partial charge in [0.2, 0.25) is 0 Å². The van der Waals surface area contributed by atoms with Gasteiger partial charge in [0.25, 0.3) is 0 Å². The number of Topliss-reactive ketones (excluding diaryl/α,β-unsaturated/α-hetero) is 1. The first kappa shape index (κ1) is 8.75. The molecule has 1 unspecified atom stereocenters. The van der Waals surface area contributed by atoms with Gasteiger partial charge in [-0.2, -0.15) is 5.10 Å². The van der Waals surface area contributed by atoms with Crippen molar-refractivity contribution in [3.05, 3.63) is 17.4 Å². The Labute approximate surface area is 81.7 Å². The van der Waals surface area contributed by atoms with Gasteiger partial charge < -0.3 is 0 Å². The van der Waals surface area contributed by atoms with Crippen molar-refractivity contribution >= 4 is 17.4 Å². The van der Waals surface area contributed by atoms with Crippen molar-refractivity contribution < 1.29 is 4.79 Å². The van der Waals surface area contributed by atoms with Crippen molar-refractivity contribution in [3.63, 3.8) is 0 Å². The van der Waals surface area contributed by atoms with Crippen LogP contribution < -0.4 is 0 Å². The van der Waals surface area contributed by atoms with Gasteiger partial charge in [-0.05, 0) is 12.8 Å². The molecule has 1 saturated carbocycles. The number of carbonyl (C=O) groups is 1. The lowest BCUT2D eigenvalue weighted by Gasteiger charge is -2.20. The topological polar surface area (TPSA) is 34.9 Å². The van der Waals surface area contributed by atoms with Crippen LogP contribution in [0.3, 0.4) is 0 Å². The maximum absolute atomic E-state index is 11.2. The Bertz CT molecular complexity index is 321. The molecule has 0 saturated heterocycles. The van der Waals surface area contributed by atoms with Crippen molar-refractivity contribution in [2.24, 2.45) is 0 Å². The van der Waals surface area contributed by atoms with Crippen LogP contribution in [-0.2, 0) is 4.79 Å². The van der Waals surface area contributed by atoms with Gasteiger partial charge in [0.1, 0.15) is 5.78 Å². The van der Waals surface area contributed by atoms with Gasteiger partial charge in [0, 0.05) is 19.0 Å². The smallest absolute Gasteiger partial charge is 0.135 e. The highest BCUT2D eigenvalue weighted by Gasteiger charge is 2.21. The summed E-state index contributed by atoms with van der Waals surface area (Å²) in [7, 11) is 0. The van der Waals surface area contributed by atoms with Crippen LogP contribution in [0.4, 0.5) is 0 Å². The monoisotopic (exact) mass is 198 g/mol. The fourth-order valence-corrected chi connectivity index (χ4v) is 1.89. The molecule has 1 aliphatic rings. The molecule has 1 atom stereocenters. The summed E-state index contributed by atoms with van der Waals surface area (Å²) in [5.74, 6) is 0.336. The Morgan fingerprint density at radius 3 is 3.08 bits per heavy atom. The summed E-state index contributed by atoms with van der Waals surface area (Å²) in [5.41, 5.74) is 0. The second kappa shape index (κ2) is 3.50. The van der Waals surface area contributed by atoms with E-state index in [1.165, 1.54) is 0 Å². The first-order chi connectivity index (χ1) is 6.25.